The Labute approximate surface area is 503 Å². The van der Waals surface area contributed by atoms with Gasteiger partial charge in [0.05, 0.1) is 13.2 Å². The van der Waals surface area contributed by atoms with Crippen molar-refractivity contribution in [2.75, 3.05) is 26.4 Å². The van der Waals surface area contributed by atoms with Gasteiger partial charge in [-0.05, 0) is 44.9 Å². The number of carbonyl (C=O) groups is 2. The minimum absolute atomic E-state index is 0.0565. The van der Waals surface area contributed by atoms with Gasteiger partial charge in [0.2, 0.25) is 0 Å². The number of hydrogen-bond donors (Lipinski definition) is 2. The van der Waals surface area contributed by atoms with E-state index in [1.807, 2.05) is 0 Å². The summed E-state index contributed by atoms with van der Waals surface area (Å²) in [6.07, 6.45) is 82.9. The average molecular weight is 1160 g/mol. The van der Waals surface area contributed by atoms with Crippen LogP contribution in [-0.4, -0.2) is 49.3 Å². The first kappa shape index (κ1) is 79.5. The van der Waals surface area contributed by atoms with Crippen molar-refractivity contribution in [3.63, 3.8) is 0 Å². The third-order valence-corrected chi connectivity index (χ3v) is 17.3. The van der Waals surface area contributed by atoms with Crippen molar-refractivity contribution < 1.29 is 37.6 Å². The van der Waals surface area contributed by atoms with E-state index in [0.29, 0.717) is 6.42 Å². The second-order valence-electron chi connectivity index (χ2n) is 24.5. The zero-order valence-corrected chi connectivity index (χ0v) is 55.0. The number of phosphoric acid groups is 1. The van der Waals surface area contributed by atoms with Crippen LogP contribution in [0.4, 0.5) is 0 Å². The molecule has 0 saturated carbocycles. The van der Waals surface area contributed by atoms with Gasteiger partial charge in [-0.3, -0.25) is 18.6 Å². The van der Waals surface area contributed by atoms with Gasteiger partial charge in [0.1, 0.15) is 6.61 Å². The van der Waals surface area contributed by atoms with Crippen LogP contribution in [0.15, 0.2) is 24.3 Å². The first-order chi connectivity index (χ1) is 39.8. The molecule has 0 radical (unpaired) electrons. The number of ether oxygens (including phenoxy) is 2. The molecule has 0 saturated heterocycles. The molecule has 0 bridgehead atoms. The van der Waals surface area contributed by atoms with E-state index in [0.717, 1.165) is 38.5 Å². The summed E-state index contributed by atoms with van der Waals surface area (Å²) in [4.78, 5) is 35.4. The van der Waals surface area contributed by atoms with Gasteiger partial charge in [-0.15, -0.1) is 0 Å². The highest BCUT2D eigenvalue weighted by atomic mass is 31.2. The fourth-order valence-corrected chi connectivity index (χ4v) is 11.8. The number of phosphoric ester groups is 1. The third-order valence-electron chi connectivity index (χ3n) is 16.3. The number of nitrogens with two attached hydrogens (primary N) is 1. The molecule has 9 nitrogen and oxygen atoms in total. The van der Waals surface area contributed by atoms with Crippen LogP contribution in [0.5, 0.6) is 0 Å². The zero-order chi connectivity index (χ0) is 58.7. The van der Waals surface area contributed by atoms with E-state index >= 15 is 0 Å². The number of allylic oxidation sites excluding steroid dienone is 4. The molecule has 0 aromatic carbocycles. The van der Waals surface area contributed by atoms with Crippen molar-refractivity contribution in [2.24, 2.45) is 5.73 Å². The predicted molar refractivity (Wildman–Crippen MR) is 349 cm³/mol. The van der Waals surface area contributed by atoms with E-state index in [4.69, 9.17) is 24.3 Å². The summed E-state index contributed by atoms with van der Waals surface area (Å²) in [5.41, 5.74) is 5.40. The van der Waals surface area contributed by atoms with Gasteiger partial charge in [0, 0.05) is 19.4 Å². The van der Waals surface area contributed by atoms with E-state index in [9.17, 15) is 19.0 Å². The van der Waals surface area contributed by atoms with E-state index in [1.165, 1.54) is 315 Å². The summed E-state index contributed by atoms with van der Waals surface area (Å²) in [5.74, 6) is -0.804. The maximum Gasteiger partial charge on any atom is 0.472 e. The maximum atomic E-state index is 12.8. The molecule has 0 aromatic heterocycles. The Balaban J connectivity index is 3.80. The SMILES string of the molecule is CCCCCCC/C=C\C/C=C\CCCCCCCCCCCCCCCCCC(=O)OC(COC(=O)CCCCCCCCCCCCCCCCCCCCCCCCCCCCCCCCCCC)COP(=O)(O)OCCN. The van der Waals surface area contributed by atoms with Crippen LogP contribution >= 0.6 is 7.82 Å². The lowest BCUT2D eigenvalue weighted by atomic mass is 10.0. The summed E-state index contributed by atoms with van der Waals surface area (Å²) in [5, 5.41) is 0. The molecule has 0 amide bonds. The smallest absolute Gasteiger partial charge is 0.462 e. The first-order valence-corrected chi connectivity index (χ1v) is 37.3. The fraction of sp³-hybridized carbons (Fsp3) is 0.915. The van der Waals surface area contributed by atoms with Gasteiger partial charge in [0.25, 0.3) is 0 Å². The Morgan fingerprint density at radius 1 is 0.370 bits per heavy atom. The van der Waals surface area contributed by atoms with Crippen LogP contribution in [0.3, 0.4) is 0 Å². The highest BCUT2D eigenvalue weighted by molar-refractivity contribution is 7.47. The van der Waals surface area contributed by atoms with Crippen molar-refractivity contribution in [1.29, 1.82) is 0 Å². The van der Waals surface area contributed by atoms with E-state index < -0.39 is 26.5 Å². The van der Waals surface area contributed by atoms with E-state index in [1.54, 1.807) is 0 Å². The number of unbranched alkanes of at least 4 members (excludes halogenated alkanes) is 52. The van der Waals surface area contributed by atoms with E-state index in [-0.39, 0.29) is 38.6 Å². The second-order valence-corrected chi connectivity index (χ2v) is 25.9. The molecule has 2 atom stereocenters. The topological polar surface area (TPSA) is 134 Å². The molecule has 3 N–H and O–H groups in total. The molecule has 2 unspecified atom stereocenters. The number of esters is 2. The Kier molecular flexibility index (Phi) is 66.4. The molecule has 0 aliphatic carbocycles. The molecule has 0 fully saturated rings. The Hall–Kier alpha value is -1.51. The molecule has 480 valence electrons. The van der Waals surface area contributed by atoms with Gasteiger partial charge in [-0.1, -0.05) is 353 Å². The van der Waals surface area contributed by atoms with Crippen LogP contribution in [-0.2, 0) is 32.7 Å². The minimum atomic E-state index is -4.39. The lowest BCUT2D eigenvalue weighted by Gasteiger charge is -2.19. The molecule has 81 heavy (non-hydrogen) atoms. The number of hydrogen-bond acceptors (Lipinski definition) is 8. The van der Waals surface area contributed by atoms with Crippen LogP contribution < -0.4 is 5.73 Å². The van der Waals surface area contributed by atoms with Crippen molar-refractivity contribution >= 4 is 19.8 Å². The van der Waals surface area contributed by atoms with E-state index in [2.05, 4.69) is 38.2 Å². The lowest BCUT2D eigenvalue weighted by Crippen LogP contribution is -2.29. The third kappa shape index (κ3) is 67.5. The molecule has 10 heteroatoms. The quantitative estimate of drug-likeness (QED) is 0.0264. The van der Waals surface area contributed by atoms with Gasteiger partial charge < -0.3 is 20.1 Å². The highest BCUT2D eigenvalue weighted by Crippen LogP contribution is 2.43. The molecule has 0 spiro atoms. The molecular weight excluding hydrogens is 1030 g/mol. The van der Waals surface area contributed by atoms with Crippen molar-refractivity contribution in [1.82, 2.24) is 0 Å². The number of carbonyl (C=O) groups excluding carboxylic acids is 2. The van der Waals surface area contributed by atoms with Crippen LogP contribution in [0, 0.1) is 0 Å². The molecule has 0 aliphatic rings. The van der Waals surface area contributed by atoms with Gasteiger partial charge >= 0.3 is 19.8 Å². The van der Waals surface area contributed by atoms with Crippen LogP contribution in [0.2, 0.25) is 0 Å². The summed E-state index contributed by atoms with van der Waals surface area (Å²) < 4.78 is 33.2. The van der Waals surface area contributed by atoms with Gasteiger partial charge in [-0.25, -0.2) is 4.57 Å². The van der Waals surface area contributed by atoms with Gasteiger partial charge in [-0.2, -0.15) is 0 Å². The molecule has 0 rings (SSSR count). The normalized spacial score (nSPS) is 13.0. The Morgan fingerprint density at radius 3 is 0.938 bits per heavy atom. The van der Waals surface area contributed by atoms with Crippen LogP contribution in [0.25, 0.3) is 0 Å². The number of rotatable bonds is 69. The predicted octanol–water partition coefficient (Wildman–Crippen LogP) is 23.3. The summed E-state index contributed by atoms with van der Waals surface area (Å²) in [6.45, 7) is 3.82. The standard InChI is InChI=1S/C71H138NO8P/c1-3-5-7-9-11-13-15-17-19-21-23-25-27-29-31-32-33-34-35-36-38-39-41-43-45-47-49-51-53-55-57-59-61-63-70(73)77-67-69(68-79-81(75,76)78-66-65-72)80-71(74)64-62-60-58-56-54-52-50-48-46-44-42-40-37-30-28-26-24-22-20-18-16-14-12-10-8-6-4-2/h16,18,22,24,69H,3-15,17,19-21,23,25-68,72H2,1-2H3,(H,75,76)/b18-16-,24-22-. The van der Waals surface area contributed by atoms with Crippen LogP contribution in [0.1, 0.15) is 386 Å². The average Bonchev–Trinajstić information content (AvgIpc) is 3.46. The van der Waals surface area contributed by atoms with Crippen molar-refractivity contribution in [2.45, 2.75) is 392 Å². The minimum Gasteiger partial charge on any atom is -0.462 e. The Bertz CT molecular complexity index is 1380. The fourth-order valence-electron chi connectivity index (χ4n) is 11.0. The Morgan fingerprint density at radius 2 is 0.642 bits per heavy atom. The van der Waals surface area contributed by atoms with Crippen molar-refractivity contribution in [3.8, 4) is 0 Å². The lowest BCUT2D eigenvalue weighted by molar-refractivity contribution is -0.161. The maximum absolute atomic E-state index is 12.8. The summed E-state index contributed by atoms with van der Waals surface area (Å²) in [7, 11) is -4.39. The van der Waals surface area contributed by atoms with Gasteiger partial charge in [0.15, 0.2) is 6.10 Å². The highest BCUT2D eigenvalue weighted by Gasteiger charge is 2.26. The summed E-state index contributed by atoms with van der Waals surface area (Å²) >= 11 is 0. The second kappa shape index (κ2) is 67.6. The monoisotopic (exact) mass is 1160 g/mol. The largest absolute Gasteiger partial charge is 0.472 e. The first-order valence-electron chi connectivity index (χ1n) is 35.8. The molecule has 0 aromatic rings. The summed E-state index contributed by atoms with van der Waals surface area (Å²) in [6, 6.07) is 0. The molecule has 0 heterocycles. The zero-order valence-electron chi connectivity index (χ0n) is 54.1. The van der Waals surface area contributed by atoms with Crippen molar-refractivity contribution in [3.05, 3.63) is 24.3 Å². The molecular formula is C71H138NO8P. The molecule has 0 aliphatic heterocycles.